The first-order valence-electron chi connectivity index (χ1n) is 8.02. The van der Waals surface area contributed by atoms with Gasteiger partial charge in [0, 0.05) is 12.1 Å². The Bertz CT molecular complexity index is 833. The first-order valence-corrected chi connectivity index (χ1v) is 8.02. The first kappa shape index (κ1) is 17.5. The predicted molar refractivity (Wildman–Crippen MR) is 91.1 cm³/mol. The number of rotatable bonds is 6. The molecule has 1 fully saturated rings. The van der Waals surface area contributed by atoms with Crippen molar-refractivity contribution in [2.24, 2.45) is 0 Å². The summed E-state index contributed by atoms with van der Waals surface area (Å²) in [5.74, 6) is -0.0334. The van der Waals surface area contributed by atoms with E-state index in [9.17, 15) is 14.4 Å². The van der Waals surface area contributed by atoms with Gasteiger partial charge in [-0.2, -0.15) is 0 Å². The lowest BCUT2D eigenvalue weighted by Gasteiger charge is -2.18. The van der Waals surface area contributed by atoms with Gasteiger partial charge in [-0.1, -0.05) is 18.2 Å². The number of carbonyl (C=O) groups excluding carboxylic acids is 3. The molecule has 1 aromatic heterocycles. The average molecular weight is 357 g/mol. The zero-order chi connectivity index (χ0) is 18.7. The highest BCUT2D eigenvalue weighted by Gasteiger charge is 2.51. The quantitative estimate of drug-likeness (QED) is 0.761. The van der Waals surface area contributed by atoms with Gasteiger partial charge in [0.25, 0.3) is 5.91 Å². The molecule has 2 heterocycles. The first-order chi connectivity index (χ1) is 12.5. The summed E-state index contributed by atoms with van der Waals surface area (Å²) >= 11 is 0. The van der Waals surface area contributed by atoms with Crippen LogP contribution in [-0.4, -0.2) is 36.4 Å². The van der Waals surface area contributed by atoms with E-state index in [1.54, 1.807) is 32.2 Å². The van der Waals surface area contributed by atoms with Crippen LogP contribution < -0.4 is 15.4 Å². The fourth-order valence-electron chi connectivity index (χ4n) is 2.81. The van der Waals surface area contributed by atoms with Gasteiger partial charge in [-0.25, -0.2) is 4.79 Å². The van der Waals surface area contributed by atoms with Crippen LogP contribution in [0, 0.1) is 0 Å². The maximum Gasteiger partial charge on any atom is 0.325 e. The monoisotopic (exact) mass is 357 g/mol. The van der Waals surface area contributed by atoms with Gasteiger partial charge in [0.05, 0.1) is 13.4 Å². The Balaban J connectivity index is 1.64. The average Bonchev–Trinajstić information content (AvgIpc) is 3.25. The van der Waals surface area contributed by atoms with Gasteiger partial charge in [-0.3, -0.25) is 14.5 Å². The van der Waals surface area contributed by atoms with E-state index >= 15 is 0 Å². The third-order valence-corrected chi connectivity index (χ3v) is 4.26. The molecule has 2 N–H and O–H groups in total. The summed E-state index contributed by atoms with van der Waals surface area (Å²) in [6, 6.07) is 9.85. The Morgan fingerprint density at radius 3 is 2.73 bits per heavy atom. The third kappa shape index (κ3) is 3.13. The van der Waals surface area contributed by atoms with E-state index in [1.165, 1.54) is 6.26 Å². The van der Waals surface area contributed by atoms with Crippen molar-refractivity contribution in [3.63, 3.8) is 0 Å². The van der Waals surface area contributed by atoms with Crippen LogP contribution >= 0.6 is 0 Å². The zero-order valence-corrected chi connectivity index (χ0v) is 14.4. The fourth-order valence-corrected chi connectivity index (χ4v) is 2.81. The molecule has 8 nitrogen and oxygen atoms in total. The predicted octanol–water partition coefficient (Wildman–Crippen LogP) is 1.37. The van der Waals surface area contributed by atoms with Crippen LogP contribution in [0.4, 0.5) is 4.79 Å². The molecule has 1 aliphatic heterocycles. The number of nitrogens with zero attached hydrogens (tertiary/aromatic N) is 1. The number of hydrogen-bond acceptors (Lipinski definition) is 5. The van der Waals surface area contributed by atoms with Gasteiger partial charge < -0.3 is 19.8 Å². The minimum Gasteiger partial charge on any atom is -0.496 e. The molecule has 0 aliphatic carbocycles. The molecule has 1 aliphatic rings. The molecule has 0 spiro atoms. The van der Waals surface area contributed by atoms with E-state index in [2.05, 4.69) is 10.6 Å². The van der Waals surface area contributed by atoms with Crippen molar-refractivity contribution in [1.82, 2.24) is 15.5 Å². The minimum absolute atomic E-state index is 0.224. The van der Waals surface area contributed by atoms with Crippen molar-refractivity contribution in [2.45, 2.75) is 19.0 Å². The molecular weight excluding hydrogens is 338 g/mol. The highest BCUT2D eigenvalue weighted by atomic mass is 16.5. The Morgan fingerprint density at radius 2 is 2.04 bits per heavy atom. The van der Waals surface area contributed by atoms with Gasteiger partial charge in [0.2, 0.25) is 5.91 Å². The number of amides is 4. The highest BCUT2D eigenvalue weighted by Crippen LogP contribution is 2.28. The summed E-state index contributed by atoms with van der Waals surface area (Å²) in [6.45, 7) is 1.39. The van der Waals surface area contributed by atoms with Crippen LogP contribution in [0.15, 0.2) is 47.1 Å². The fraction of sp³-hybridized carbons (Fsp3) is 0.278. The Labute approximate surface area is 150 Å². The molecule has 26 heavy (non-hydrogen) atoms. The van der Waals surface area contributed by atoms with E-state index in [4.69, 9.17) is 9.15 Å². The van der Waals surface area contributed by atoms with E-state index in [-0.39, 0.29) is 13.1 Å². The van der Waals surface area contributed by atoms with Crippen molar-refractivity contribution in [2.75, 3.05) is 13.7 Å². The van der Waals surface area contributed by atoms with Gasteiger partial charge in [0.15, 0.2) is 5.54 Å². The van der Waals surface area contributed by atoms with Gasteiger partial charge in [-0.15, -0.1) is 0 Å². The summed E-state index contributed by atoms with van der Waals surface area (Å²) in [5, 5.41) is 5.26. The summed E-state index contributed by atoms with van der Waals surface area (Å²) in [6.07, 6.45) is 1.42. The molecule has 0 unspecified atom stereocenters. The minimum atomic E-state index is -1.32. The standard InChI is InChI=1S/C18H19N3O5/c1-18(14-8-5-9-26-14)16(23)21(17(24)20-18)11-15(22)19-10-12-6-3-4-7-13(12)25-2/h3-9H,10-11H2,1-2H3,(H,19,22)(H,20,24)/t18-/m0/s1. The summed E-state index contributed by atoms with van der Waals surface area (Å²) in [4.78, 5) is 37.9. The van der Waals surface area contributed by atoms with E-state index in [1.807, 2.05) is 18.2 Å². The van der Waals surface area contributed by atoms with Crippen molar-refractivity contribution >= 4 is 17.8 Å². The van der Waals surface area contributed by atoms with Crippen LogP contribution in [0.3, 0.4) is 0 Å². The topological polar surface area (TPSA) is 101 Å². The number of urea groups is 1. The molecule has 8 heteroatoms. The summed E-state index contributed by atoms with van der Waals surface area (Å²) in [7, 11) is 1.54. The number of carbonyl (C=O) groups is 3. The maximum atomic E-state index is 12.6. The van der Waals surface area contributed by atoms with E-state index in [0.717, 1.165) is 10.5 Å². The van der Waals surface area contributed by atoms with E-state index in [0.29, 0.717) is 11.5 Å². The summed E-state index contributed by atoms with van der Waals surface area (Å²) < 4.78 is 10.5. The molecule has 4 amide bonds. The lowest BCUT2D eigenvalue weighted by atomic mass is 9.99. The molecule has 1 atom stereocenters. The SMILES string of the molecule is COc1ccccc1CNC(=O)CN1C(=O)N[C@@](C)(c2ccco2)C1=O. The smallest absolute Gasteiger partial charge is 0.325 e. The number of ether oxygens (including phenoxy) is 1. The number of furan rings is 1. The van der Waals surface area contributed by atoms with E-state index < -0.39 is 23.4 Å². The lowest BCUT2D eigenvalue weighted by molar-refractivity contribution is -0.135. The van der Waals surface area contributed by atoms with Crippen molar-refractivity contribution in [3.8, 4) is 5.75 Å². The molecule has 0 radical (unpaired) electrons. The molecule has 1 saturated heterocycles. The van der Waals surface area contributed by atoms with Crippen LogP contribution in [0.1, 0.15) is 18.2 Å². The molecule has 1 aromatic carbocycles. The molecule has 2 aromatic rings. The second-order valence-corrected chi connectivity index (χ2v) is 6.01. The Kier molecular flexibility index (Phi) is 4.66. The van der Waals surface area contributed by atoms with Crippen molar-refractivity contribution in [3.05, 3.63) is 54.0 Å². The second kappa shape index (κ2) is 6.91. The number of para-hydroxylation sites is 1. The third-order valence-electron chi connectivity index (χ3n) is 4.26. The Morgan fingerprint density at radius 1 is 1.27 bits per heavy atom. The molecular formula is C18H19N3O5. The second-order valence-electron chi connectivity index (χ2n) is 6.01. The zero-order valence-electron chi connectivity index (χ0n) is 14.4. The molecule has 136 valence electrons. The van der Waals surface area contributed by atoms with Crippen LogP contribution in [0.25, 0.3) is 0 Å². The molecule has 3 rings (SSSR count). The normalized spacial score (nSPS) is 19.4. The van der Waals surface area contributed by atoms with Gasteiger partial charge >= 0.3 is 6.03 Å². The number of methoxy groups -OCH3 is 1. The highest BCUT2D eigenvalue weighted by molar-refractivity contribution is 6.08. The number of imide groups is 1. The van der Waals surface area contributed by atoms with Gasteiger partial charge in [-0.05, 0) is 25.1 Å². The number of hydrogen-bond donors (Lipinski definition) is 2. The van der Waals surface area contributed by atoms with Crippen LogP contribution in [0.2, 0.25) is 0 Å². The largest absolute Gasteiger partial charge is 0.496 e. The number of benzene rings is 1. The number of nitrogens with one attached hydrogen (secondary N) is 2. The maximum absolute atomic E-state index is 12.6. The summed E-state index contributed by atoms with van der Waals surface area (Å²) in [5.41, 5.74) is -0.523. The van der Waals surface area contributed by atoms with Crippen molar-refractivity contribution < 1.29 is 23.5 Å². The van der Waals surface area contributed by atoms with Crippen LogP contribution in [-0.2, 0) is 21.7 Å². The van der Waals surface area contributed by atoms with Crippen LogP contribution in [0.5, 0.6) is 5.75 Å². The molecule has 0 bridgehead atoms. The molecule has 0 saturated carbocycles. The van der Waals surface area contributed by atoms with Crippen molar-refractivity contribution in [1.29, 1.82) is 0 Å². The van der Waals surface area contributed by atoms with Gasteiger partial charge in [0.1, 0.15) is 18.1 Å². The Hall–Kier alpha value is -3.29. The lowest BCUT2D eigenvalue weighted by Crippen LogP contribution is -2.43.